The van der Waals surface area contributed by atoms with Crippen LogP contribution in [0, 0.1) is 29.1 Å². The van der Waals surface area contributed by atoms with Gasteiger partial charge in [-0.1, -0.05) is 12.2 Å². The minimum atomic E-state index is -4.76. The van der Waals surface area contributed by atoms with Gasteiger partial charge in [-0.15, -0.1) is 0 Å². The van der Waals surface area contributed by atoms with Crippen LogP contribution in [0.15, 0.2) is 30.4 Å². The minimum Gasteiger partial charge on any atom is -0.392 e. The molecule has 4 rings (SSSR count). The van der Waals surface area contributed by atoms with E-state index in [1.165, 1.54) is 12.1 Å². The number of aliphatic hydroxyl groups excluding tert-OH is 1. The molecule has 2 bridgehead atoms. The Kier molecular flexibility index (Phi) is 3.35. The highest BCUT2D eigenvalue weighted by Gasteiger charge is 2.70. The van der Waals surface area contributed by atoms with Crippen LogP contribution in [0.2, 0.25) is 0 Å². The molecule has 138 valence electrons. The van der Waals surface area contributed by atoms with E-state index >= 15 is 0 Å². The van der Waals surface area contributed by atoms with Crippen molar-refractivity contribution in [3.05, 3.63) is 41.5 Å². The number of nitrogens with zero attached hydrogens (tertiary/aromatic N) is 2. The Bertz CT molecular complexity index is 966. The van der Waals surface area contributed by atoms with Crippen LogP contribution in [-0.4, -0.2) is 30.9 Å². The summed E-state index contributed by atoms with van der Waals surface area (Å²) >= 11 is 0. The Morgan fingerprint density at radius 1 is 1.35 bits per heavy atom. The van der Waals surface area contributed by atoms with Crippen molar-refractivity contribution in [2.45, 2.75) is 24.0 Å². The highest BCUT2D eigenvalue weighted by Crippen LogP contribution is 2.59. The van der Waals surface area contributed by atoms with Gasteiger partial charge >= 0.3 is 6.18 Å². The maximum atomic E-state index is 13.2. The van der Waals surface area contributed by atoms with Crippen LogP contribution in [0.3, 0.4) is 0 Å². The Hall–Kier alpha value is -2.05. The molecule has 5 atom stereocenters. The third kappa shape index (κ3) is 1.91. The molecule has 1 saturated heterocycles. The Balaban J connectivity index is 1.82. The van der Waals surface area contributed by atoms with Crippen LogP contribution in [0.1, 0.15) is 18.1 Å². The minimum absolute atomic E-state index is 0.00456. The van der Waals surface area contributed by atoms with E-state index in [4.69, 9.17) is 5.26 Å². The first-order valence-electron chi connectivity index (χ1n) is 8.03. The Morgan fingerprint density at radius 3 is 2.62 bits per heavy atom. The predicted molar refractivity (Wildman–Crippen MR) is 86.4 cm³/mol. The van der Waals surface area contributed by atoms with Gasteiger partial charge in [0.25, 0.3) is 0 Å². The number of fused-ring (bicyclic) bond motifs is 5. The number of nitriles is 1. The fraction of sp³-hybridized carbons (Fsp3) is 0.471. The smallest absolute Gasteiger partial charge is 0.392 e. The molecule has 0 spiro atoms. The summed E-state index contributed by atoms with van der Waals surface area (Å²) in [4.78, 5) is 0. The SMILES string of the molecule is C[C@@]12[C@@H]3C=C[C@@H]([C@@H]3O)[C@@H]1CN(c1ccc(C#N)c(C(F)(F)F)c1)S2(=O)=O. The summed E-state index contributed by atoms with van der Waals surface area (Å²) in [6.45, 7) is 1.56. The Labute approximate surface area is 148 Å². The summed E-state index contributed by atoms with van der Waals surface area (Å²) < 4.78 is 65.8. The van der Waals surface area contributed by atoms with Gasteiger partial charge in [-0.05, 0) is 25.1 Å². The number of alkyl halides is 3. The molecular weight excluding hydrogens is 369 g/mol. The van der Waals surface area contributed by atoms with E-state index in [1.54, 1.807) is 19.1 Å². The average molecular weight is 384 g/mol. The zero-order chi connectivity index (χ0) is 19.1. The van der Waals surface area contributed by atoms with E-state index < -0.39 is 50.0 Å². The van der Waals surface area contributed by atoms with Crippen LogP contribution >= 0.6 is 0 Å². The van der Waals surface area contributed by atoms with Gasteiger partial charge in [0.2, 0.25) is 10.0 Å². The monoisotopic (exact) mass is 384 g/mol. The zero-order valence-corrected chi connectivity index (χ0v) is 14.4. The molecule has 1 aromatic carbocycles. The van der Waals surface area contributed by atoms with Crippen molar-refractivity contribution in [1.82, 2.24) is 0 Å². The molecule has 1 N–H and O–H groups in total. The number of hydrogen-bond acceptors (Lipinski definition) is 4. The zero-order valence-electron chi connectivity index (χ0n) is 13.6. The third-order valence-corrected chi connectivity index (χ3v) is 8.72. The molecule has 2 aliphatic carbocycles. The molecule has 0 radical (unpaired) electrons. The van der Waals surface area contributed by atoms with E-state index in [1.807, 2.05) is 0 Å². The summed E-state index contributed by atoms with van der Waals surface area (Å²) in [6.07, 6.45) is -2.07. The Morgan fingerprint density at radius 2 is 2.04 bits per heavy atom. The fourth-order valence-corrected chi connectivity index (χ4v) is 7.09. The molecule has 0 aromatic heterocycles. The van der Waals surface area contributed by atoms with Gasteiger partial charge in [0.15, 0.2) is 0 Å². The highest BCUT2D eigenvalue weighted by molar-refractivity contribution is 7.94. The normalized spacial score (nSPS) is 37.0. The lowest BCUT2D eigenvalue weighted by Crippen LogP contribution is -2.44. The third-order valence-electron chi connectivity index (χ3n) is 6.09. The molecule has 5 nitrogen and oxygen atoms in total. The van der Waals surface area contributed by atoms with E-state index in [2.05, 4.69) is 0 Å². The molecule has 1 saturated carbocycles. The van der Waals surface area contributed by atoms with Crippen molar-refractivity contribution >= 4 is 15.7 Å². The van der Waals surface area contributed by atoms with E-state index in [9.17, 15) is 26.7 Å². The molecule has 1 aromatic rings. The van der Waals surface area contributed by atoms with Gasteiger partial charge in [-0.3, -0.25) is 4.31 Å². The molecule has 3 aliphatic rings. The molecule has 26 heavy (non-hydrogen) atoms. The maximum absolute atomic E-state index is 13.2. The molecule has 0 amide bonds. The van der Waals surface area contributed by atoms with Gasteiger partial charge in [0.1, 0.15) is 4.75 Å². The van der Waals surface area contributed by atoms with Crippen molar-refractivity contribution in [3.8, 4) is 6.07 Å². The summed E-state index contributed by atoms with van der Waals surface area (Å²) in [5.74, 6) is -1.30. The molecular formula is C17H15F3N2O3S. The molecule has 0 unspecified atom stereocenters. The topological polar surface area (TPSA) is 81.4 Å². The molecule has 2 fully saturated rings. The number of sulfonamides is 1. The van der Waals surface area contributed by atoms with Gasteiger partial charge in [-0.2, -0.15) is 18.4 Å². The molecule has 1 aliphatic heterocycles. The van der Waals surface area contributed by atoms with Crippen molar-refractivity contribution < 1.29 is 26.7 Å². The second-order valence-electron chi connectivity index (χ2n) is 7.14. The second-order valence-corrected chi connectivity index (χ2v) is 9.42. The number of aliphatic hydroxyl groups is 1. The van der Waals surface area contributed by atoms with E-state index in [-0.39, 0.29) is 18.2 Å². The van der Waals surface area contributed by atoms with Gasteiger partial charge in [-0.25, -0.2) is 8.42 Å². The van der Waals surface area contributed by atoms with Crippen LogP contribution in [0.5, 0.6) is 0 Å². The van der Waals surface area contributed by atoms with Crippen molar-refractivity contribution in [2.75, 3.05) is 10.8 Å². The number of rotatable bonds is 1. The molecule has 1 heterocycles. The number of benzene rings is 1. The standard InChI is InChI=1S/C17H15F3N2O3S/c1-16-12-5-4-11(15(12)23)14(16)8-22(26(16,24)25)10-3-2-9(7-21)13(6-10)17(18,19)20/h2-6,11-12,14-15,23H,8H2,1H3/t11-,12-,14+,15+,16-/m1/s1. The van der Waals surface area contributed by atoms with E-state index in [0.29, 0.717) is 6.07 Å². The van der Waals surface area contributed by atoms with Crippen molar-refractivity contribution in [1.29, 1.82) is 5.26 Å². The second kappa shape index (κ2) is 5.02. The first-order chi connectivity index (χ1) is 12.0. The van der Waals surface area contributed by atoms with Crippen LogP contribution in [0.25, 0.3) is 0 Å². The van der Waals surface area contributed by atoms with Crippen molar-refractivity contribution in [2.24, 2.45) is 17.8 Å². The maximum Gasteiger partial charge on any atom is 0.417 e. The largest absolute Gasteiger partial charge is 0.417 e. The summed E-state index contributed by atoms with van der Waals surface area (Å²) in [5.41, 5.74) is -1.82. The quantitative estimate of drug-likeness (QED) is 0.754. The highest BCUT2D eigenvalue weighted by atomic mass is 32.2. The summed E-state index contributed by atoms with van der Waals surface area (Å²) in [7, 11) is -3.99. The number of anilines is 1. The predicted octanol–water partition coefficient (Wildman–Crippen LogP) is 2.28. The lowest BCUT2D eigenvalue weighted by Gasteiger charge is -2.31. The average Bonchev–Trinajstić information content (AvgIpc) is 3.11. The summed E-state index contributed by atoms with van der Waals surface area (Å²) in [5, 5.41) is 19.2. The first-order valence-corrected chi connectivity index (χ1v) is 9.47. The van der Waals surface area contributed by atoms with Crippen LogP contribution < -0.4 is 4.31 Å². The number of hydrogen-bond donors (Lipinski definition) is 1. The number of halogens is 3. The van der Waals surface area contributed by atoms with Crippen molar-refractivity contribution in [3.63, 3.8) is 0 Å². The fourth-order valence-electron chi connectivity index (χ4n) is 4.69. The summed E-state index contributed by atoms with van der Waals surface area (Å²) in [6, 6.07) is 4.42. The van der Waals surface area contributed by atoms with E-state index in [0.717, 1.165) is 10.4 Å². The molecule has 9 heteroatoms. The van der Waals surface area contributed by atoms with Gasteiger partial charge in [0.05, 0.1) is 29.0 Å². The lowest BCUT2D eigenvalue weighted by atomic mass is 9.83. The lowest BCUT2D eigenvalue weighted by molar-refractivity contribution is -0.137. The van der Waals surface area contributed by atoms with Gasteiger partial charge < -0.3 is 5.11 Å². The van der Waals surface area contributed by atoms with Crippen LogP contribution in [-0.2, 0) is 16.2 Å². The van der Waals surface area contributed by atoms with Gasteiger partial charge in [0, 0.05) is 24.3 Å². The first kappa shape index (κ1) is 17.4. The van der Waals surface area contributed by atoms with Crippen LogP contribution in [0.4, 0.5) is 18.9 Å².